The summed E-state index contributed by atoms with van der Waals surface area (Å²) in [4.78, 5) is 11.6. The molecule has 0 spiro atoms. The van der Waals surface area contributed by atoms with Gasteiger partial charge in [-0.25, -0.2) is 4.68 Å². The van der Waals surface area contributed by atoms with Gasteiger partial charge in [0, 0.05) is 4.88 Å². The van der Waals surface area contributed by atoms with E-state index in [0.717, 1.165) is 16.6 Å². The van der Waals surface area contributed by atoms with Crippen LogP contribution in [0.3, 0.4) is 0 Å². The minimum absolute atomic E-state index is 0.0369. The lowest BCUT2D eigenvalue weighted by atomic mass is 10.5. The highest BCUT2D eigenvalue weighted by Gasteiger charge is 2.09. The molecule has 0 amide bonds. The highest BCUT2D eigenvalue weighted by Crippen LogP contribution is 2.16. The molecule has 0 atom stereocenters. The van der Waals surface area contributed by atoms with Crippen LogP contribution in [0, 0.1) is 0 Å². The first kappa shape index (κ1) is 11.1. The first-order valence-corrected chi connectivity index (χ1v) is 6.25. The number of carboxylic acids is 1. The van der Waals surface area contributed by atoms with Crippen molar-refractivity contribution in [2.75, 3.05) is 5.75 Å². The molecule has 8 heteroatoms. The van der Waals surface area contributed by atoms with Crippen molar-refractivity contribution >= 4 is 29.1 Å². The van der Waals surface area contributed by atoms with Crippen LogP contribution < -0.4 is 0 Å². The monoisotopic (exact) mass is 256 g/mol. The zero-order chi connectivity index (χ0) is 11.4. The minimum atomic E-state index is -0.879. The van der Waals surface area contributed by atoms with Crippen molar-refractivity contribution in [3.63, 3.8) is 0 Å². The quantitative estimate of drug-likeness (QED) is 0.802. The molecule has 0 aliphatic heterocycles. The van der Waals surface area contributed by atoms with Crippen LogP contribution in [-0.4, -0.2) is 37.0 Å². The summed E-state index contributed by atoms with van der Waals surface area (Å²) in [7, 11) is 0. The number of aliphatic carboxylic acids is 1. The lowest BCUT2D eigenvalue weighted by Crippen LogP contribution is -2.05. The molecule has 0 fully saturated rings. The highest BCUT2D eigenvalue weighted by molar-refractivity contribution is 7.99. The van der Waals surface area contributed by atoms with E-state index in [0.29, 0.717) is 11.7 Å². The third-order valence-corrected chi connectivity index (χ3v) is 3.51. The molecule has 6 nitrogen and oxygen atoms in total. The fourth-order valence-corrected chi connectivity index (χ4v) is 2.36. The molecular formula is C8H8N4O2S2. The number of tetrazole rings is 1. The van der Waals surface area contributed by atoms with Crippen LogP contribution in [0.4, 0.5) is 0 Å². The number of rotatable bonds is 5. The Labute approximate surface area is 99.3 Å². The Balaban J connectivity index is 2.04. The standard InChI is InChI=1S/C8H8N4O2S2/c13-7(14)5-16-8-9-10-11-12(8)4-6-2-1-3-15-6/h1-3H,4-5H2,(H,13,14). The Bertz CT molecular complexity index is 468. The van der Waals surface area contributed by atoms with Gasteiger partial charge in [-0.15, -0.1) is 16.4 Å². The molecule has 2 rings (SSSR count). The lowest BCUT2D eigenvalue weighted by molar-refractivity contribution is -0.133. The number of carboxylic acid groups (broad SMARTS) is 1. The van der Waals surface area contributed by atoms with E-state index >= 15 is 0 Å². The maximum atomic E-state index is 10.4. The van der Waals surface area contributed by atoms with Crippen molar-refractivity contribution in [2.45, 2.75) is 11.7 Å². The zero-order valence-corrected chi connectivity index (χ0v) is 9.74. The van der Waals surface area contributed by atoms with E-state index in [9.17, 15) is 4.79 Å². The van der Waals surface area contributed by atoms with Crippen molar-refractivity contribution < 1.29 is 9.90 Å². The van der Waals surface area contributed by atoms with Gasteiger partial charge in [-0.1, -0.05) is 17.8 Å². The number of thioether (sulfide) groups is 1. The molecular weight excluding hydrogens is 248 g/mol. The van der Waals surface area contributed by atoms with E-state index in [4.69, 9.17) is 5.11 Å². The van der Waals surface area contributed by atoms with Gasteiger partial charge in [-0.05, 0) is 21.9 Å². The first-order valence-electron chi connectivity index (χ1n) is 4.39. The van der Waals surface area contributed by atoms with E-state index in [1.54, 1.807) is 16.0 Å². The molecule has 2 aromatic rings. The van der Waals surface area contributed by atoms with Gasteiger partial charge >= 0.3 is 5.97 Å². The topological polar surface area (TPSA) is 80.9 Å². The Morgan fingerprint density at radius 3 is 3.19 bits per heavy atom. The van der Waals surface area contributed by atoms with E-state index < -0.39 is 5.97 Å². The summed E-state index contributed by atoms with van der Waals surface area (Å²) in [5.74, 6) is -0.916. The summed E-state index contributed by atoms with van der Waals surface area (Å²) >= 11 is 2.73. The van der Waals surface area contributed by atoms with Crippen LogP contribution in [0.2, 0.25) is 0 Å². The van der Waals surface area contributed by atoms with Crippen molar-refractivity contribution in [3.05, 3.63) is 22.4 Å². The molecule has 0 aromatic carbocycles. The van der Waals surface area contributed by atoms with Crippen LogP contribution in [-0.2, 0) is 11.3 Å². The van der Waals surface area contributed by atoms with Gasteiger partial charge in [0.05, 0.1) is 12.3 Å². The molecule has 1 N–H and O–H groups in total. The van der Waals surface area contributed by atoms with Gasteiger partial charge in [0.2, 0.25) is 5.16 Å². The molecule has 84 valence electrons. The van der Waals surface area contributed by atoms with Gasteiger partial charge in [-0.2, -0.15) is 0 Å². The average Bonchev–Trinajstić information content (AvgIpc) is 2.87. The Kier molecular flexibility index (Phi) is 3.52. The Morgan fingerprint density at radius 1 is 1.62 bits per heavy atom. The van der Waals surface area contributed by atoms with E-state index in [2.05, 4.69) is 15.5 Å². The number of thiophene rings is 1. The summed E-state index contributed by atoms with van der Waals surface area (Å²) in [6.45, 7) is 0.576. The second kappa shape index (κ2) is 5.08. The van der Waals surface area contributed by atoms with Crippen LogP contribution in [0.5, 0.6) is 0 Å². The number of carbonyl (C=O) groups is 1. The number of aromatic nitrogens is 4. The highest BCUT2D eigenvalue weighted by atomic mass is 32.2. The van der Waals surface area contributed by atoms with Gasteiger partial charge in [0.15, 0.2) is 0 Å². The molecule has 0 saturated heterocycles. The van der Waals surface area contributed by atoms with Crippen LogP contribution in [0.15, 0.2) is 22.7 Å². The molecule has 2 heterocycles. The molecule has 0 aliphatic carbocycles. The minimum Gasteiger partial charge on any atom is -0.481 e. The first-order chi connectivity index (χ1) is 7.75. The summed E-state index contributed by atoms with van der Waals surface area (Å²) in [6.07, 6.45) is 0. The van der Waals surface area contributed by atoms with Gasteiger partial charge in [0.25, 0.3) is 0 Å². The molecule has 2 aromatic heterocycles. The van der Waals surface area contributed by atoms with Gasteiger partial charge in [0.1, 0.15) is 0 Å². The van der Waals surface area contributed by atoms with E-state index in [1.165, 1.54) is 0 Å². The lowest BCUT2D eigenvalue weighted by Gasteiger charge is -2.00. The summed E-state index contributed by atoms with van der Waals surface area (Å²) in [6, 6.07) is 3.94. The SMILES string of the molecule is O=C(O)CSc1nnnn1Cc1cccs1. The van der Waals surface area contributed by atoms with Crippen molar-refractivity contribution in [1.29, 1.82) is 0 Å². The number of hydrogen-bond acceptors (Lipinski definition) is 6. The normalized spacial score (nSPS) is 10.5. The maximum Gasteiger partial charge on any atom is 0.313 e. The molecule has 0 unspecified atom stereocenters. The van der Waals surface area contributed by atoms with Crippen molar-refractivity contribution in [2.24, 2.45) is 0 Å². The third kappa shape index (κ3) is 2.80. The fraction of sp³-hybridized carbons (Fsp3) is 0.250. The molecule has 0 saturated carbocycles. The maximum absolute atomic E-state index is 10.4. The van der Waals surface area contributed by atoms with Crippen molar-refractivity contribution in [1.82, 2.24) is 20.2 Å². The fourth-order valence-electron chi connectivity index (χ4n) is 1.08. The average molecular weight is 256 g/mol. The Hall–Kier alpha value is -1.41. The summed E-state index contributed by atoms with van der Waals surface area (Å²) < 4.78 is 1.60. The van der Waals surface area contributed by atoms with E-state index in [-0.39, 0.29) is 5.75 Å². The molecule has 16 heavy (non-hydrogen) atoms. The molecule has 0 aliphatic rings. The molecule has 0 bridgehead atoms. The molecule has 0 radical (unpaired) electrons. The van der Waals surface area contributed by atoms with Crippen LogP contribution >= 0.6 is 23.1 Å². The van der Waals surface area contributed by atoms with Gasteiger partial charge < -0.3 is 5.11 Å². The third-order valence-electron chi connectivity index (χ3n) is 1.71. The second-order valence-corrected chi connectivity index (χ2v) is 4.86. The van der Waals surface area contributed by atoms with E-state index in [1.807, 2.05) is 17.5 Å². The zero-order valence-electron chi connectivity index (χ0n) is 8.11. The van der Waals surface area contributed by atoms with Crippen LogP contribution in [0.25, 0.3) is 0 Å². The summed E-state index contributed by atoms with van der Waals surface area (Å²) in [5, 5.41) is 22.2. The number of nitrogens with zero attached hydrogens (tertiary/aromatic N) is 4. The van der Waals surface area contributed by atoms with Gasteiger partial charge in [-0.3, -0.25) is 4.79 Å². The summed E-state index contributed by atoms with van der Waals surface area (Å²) in [5.41, 5.74) is 0. The predicted octanol–water partition coefficient (Wildman–Crippen LogP) is 0.960. The van der Waals surface area contributed by atoms with Crippen LogP contribution in [0.1, 0.15) is 4.88 Å². The smallest absolute Gasteiger partial charge is 0.313 e. The number of hydrogen-bond donors (Lipinski definition) is 1. The second-order valence-electron chi connectivity index (χ2n) is 2.88. The Morgan fingerprint density at radius 2 is 2.50 bits per heavy atom. The van der Waals surface area contributed by atoms with Crippen molar-refractivity contribution in [3.8, 4) is 0 Å². The largest absolute Gasteiger partial charge is 0.481 e. The predicted molar refractivity (Wildman–Crippen MR) is 59.6 cm³/mol.